The van der Waals surface area contributed by atoms with E-state index in [1.54, 1.807) is 0 Å². The van der Waals surface area contributed by atoms with Crippen LogP contribution in [0.2, 0.25) is 0 Å². The molecule has 0 aromatic carbocycles. The Balaban J connectivity index is 2.74. The summed E-state index contributed by atoms with van der Waals surface area (Å²) in [6, 6.07) is 0. The van der Waals surface area contributed by atoms with E-state index >= 15 is 0 Å². The van der Waals surface area contributed by atoms with Gasteiger partial charge < -0.3 is 5.11 Å². The molecule has 2 N–H and O–H groups in total. The maximum absolute atomic E-state index is 12.3. The average Bonchev–Trinajstić information content (AvgIpc) is 2.15. The molecular weight excluding hydrogens is 139 g/mol. The number of aliphatic carboxylic acids is 1. The zero-order valence-electron chi connectivity index (χ0n) is 4.97. The minimum Gasteiger partial charge on any atom is -0.481 e. The van der Waals surface area contributed by atoms with Gasteiger partial charge in [-0.2, -0.15) is 9.49 Å². The predicted octanol–water partition coefficient (Wildman–Crippen LogP) is 0.176. The molecule has 1 heterocycles. The molecule has 0 spiro atoms. The van der Waals surface area contributed by atoms with E-state index in [4.69, 9.17) is 5.11 Å². The largest absolute Gasteiger partial charge is 0.481 e. The van der Waals surface area contributed by atoms with Gasteiger partial charge in [0.1, 0.15) is 0 Å². The highest BCUT2D eigenvalue weighted by molar-refractivity contribution is 5.69. The van der Waals surface area contributed by atoms with E-state index in [0.717, 1.165) is 6.20 Å². The molecule has 0 bridgehead atoms. The number of carboxylic acids is 1. The molecule has 10 heavy (non-hydrogen) atoms. The fourth-order valence-electron chi connectivity index (χ4n) is 0.582. The van der Waals surface area contributed by atoms with Crippen molar-refractivity contribution in [2.75, 3.05) is 0 Å². The summed E-state index contributed by atoms with van der Waals surface area (Å²) in [7, 11) is 0. The smallest absolute Gasteiger partial charge is 0.308 e. The normalized spacial score (nSPS) is 9.70. The highest BCUT2D eigenvalue weighted by Crippen LogP contribution is 2.01. The summed E-state index contributed by atoms with van der Waals surface area (Å²) in [5.74, 6) is -1.75. The minimum atomic E-state index is -1.07. The van der Waals surface area contributed by atoms with Gasteiger partial charge >= 0.3 is 5.97 Å². The molecule has 0 saturated heterocycles. The molecule has 54 valence electrons. The van der Waals surface area contributed by atoms with E-state index in [0.29, 0.717) is 0 Å². The van der Waals surface area contributed by atoms with Crippen LogP contribution in [0.4, 0.5) is 4.39 Å². The Morgan fingerprint density at radius 3 is 3.00 bits per heavy atom. The quantitative estimate of drug-likeness (QED) is 0.622. The van der Waals surface area contributed by atoms with E-state index < -0.39 is 11.9 Å². The Labute approximate surface area is 55.7 Å². The second-order valence-electron chi connectivity index (χ2n) is 1.78. The van der Waals surface area contributed by atoms with Gasteiger partial charge in [-0.15, -0.1) is 0 Å². The van der Waals surface area contributed by atoms with Crippen molar-refractivity contribution in [3.8, 4) is 0 Å². The van der Waals surface area contributed by atoms with Crippen molar-refractivity contribution >= 4 is 5.97 Å². The van der Waals surface area contributed by atoms with Crippen LogP contribution in [-0.4, -0.2) is 21.3 Å². The van der Waals surface area contributed by atoms with Crippen LogP contribution in [0.15, 0.2) is 6.20 Å². The van der Waals surface area contributed by atoms with Crippen molar-refractivity contribution in [3.05, 3.63) is 17.7 Å². The van der Waals surface area contributed by atoms with Gasteiger partial charge in [0.15, 0.2) is 0 Å². The summed E-state index contributed by atoms with van der Waals surface area (Å²) in [5, 5.41) is 13.5. The van der Waals surface area contributed by atoms with Crippen molar-refractivity contribution in [3.63, 3.8) is 0 Å². The highest BCUT2D eigenvalue weighted by atomic mass is 19.1. The van der Waals surface area contributed by atoms with Crippen LogP contribution in [0.3, 0.4) is 0 Å². The molecule has 0 atom stereocenters. The molecule has 4 nitrogen and oxygen atoms in total. The zero-order chi connectivity index (χ0) is 7.56. The fraction of sp³-hybridized carbons (Fsp3) is 0.200. The van der Waals surface area contributed by atoms with Crippen LogP contribution in [-0.2, 0) is 11.2 Å². The molecule has 0 radical (unpaired) electrons. The molecule has 0 amide bonds. The van der Waals surface area contributed by atoms with Crippen LogP contribution in [0.1, 0.15) is 5.56 Å². The number of hydrogen-bond donors (Lipinski definition) is 2. The zero-order valence-corrected chi connectivity index (χ0v) is 4.97. The molecule has 0 saturated carbocycles. The second-order valence-corrected chi connectivity index (χ2v) is 1.78. The Kier molecular flexibility index (Phi) is 1.66. The predicted molar refractivity (Wildman–Crippen MR) is 29.9 cm³/mol. The van der Waals surface area contributed by atoms with Gasteiger partial charge in [-0.25, -0.2) is 0 Å². The number of aromatic amines is 1. The molecule has 1 aromatic heterocycles. The van der Waals surface area contributed by atoms with E-state index in [9.17, 15) is 9.18 Å². The van der Waals surface area contributed by atoms with Crippen molar-refractivity contribution in [1.29, 1.82) is 0 Å². The fourth-order valence-corrected chi connectivity index (χ4v) is 0.582. The topological polar surface area (TPSA) is 66.0 Å². The third-order valence-electron chi connectivity index (χ3n) is 1.01. The number of H-pyrrole nitrogens is 1. The van der Waals surface area contributed by atoms with E-state index in [2.05, 4.69) is 5.10 Å². The van der Waals surface area contributed by atoms with Gasteiger partial charge in [-0.05, 0) is 0 Å². The van der Waals surface area contributed by atoms with Gasteiger partial charge in [-0.1, -0.05) is 0 Å². The number of rotatable bonds is 2. The van der Waals surface area contributed by atoms with Crippen molar-refractivity contribution < 1.29 is 14.3 Å². The van der Waals surface area contributed by atoms with E-state index in [1.165, 1.54) is 0 Å². The van der Waals surface area contributed by atoms with Gasteiger partial charge in [0, 0.05) is 5.56 Å². The third kappa shape index (κ3) is 1.31. The number of nitrogens with one attached hydrogen (secondary N) is 1. The van der Waals surface area contributed by atoms with Crippen LogP contribution in [0, 0.1) is 5.95 Å². The lowest BCUT2D eigenvalue weighted by molar-refractivity contribution is -0.136. The van der Waals surface area contributed by atoms with Gasteiger partial charge in [-0.3, -0.25) is 9.89 Å². The standard InChI is InChI=1S/C5H5FN2O2/c6-5-3(1-4(9)10)2-7-8-5/h2H,1H2,(H,7,8)(H,9,10). The maximum Gasteiger partial charge on any atom is 0.308 e. The van der Waals surface area contributed by atoms with Gasteiger partial charge in [0.05, 0.1) is 12.6 Å². The van der Waals surface area contributed by atoms with E-state index in [-0.39, 0.29) is 12.0 Å². The Bertz CT molecular complexity index is 246. The van der Waals surface area contributed by atoms with Crippen LogP contribution >= 0.6 is 0 Å². The van der Waals surface area contributed by atoms with Crippen LogP contribution < -0.4 is 0 Å². The lowest BCUT2D eigenvalue weighted by atomic mass is 10.2. The third-order valence-corrected chi connectivity index (χ3v) is 1.01. The molecule has 0 aliphatic heterocycles. The Hall–Kier alpha value is -1.39. The second kappa shape index (κ2) is 2.47. The SMILES string of the molecule is O=C(O)Cc1cn[nH]c1F. The summed E-state index contributed by atoms with van der Waals surface area (Å²) in [4.78, 5) is 10.0. The lowest BCUT2D eigenvalue weighted by Gasteiger charge is -1.87. The summed E-state index contributed by atoms with van der Waals surface area (Å²) < 4.78 is 12.3. The molecule has 1 aromatic rings. The summed E-state index contributed by atoms with van der Waals surface area (Å²) in [6.45, 7) is 0. The van der Waals surface area contributed by atoms with E-state index in [1.807, 2.05) is 5.10 Å². The first-order valence-corrected chi connectivity index (χ1v) is 2.59. The van der Waals surface area contributed by atoms with Crippen LogP contribution in [0.5, 0.6) is 0 Å². The molecule has 5 heteroatoms. The molecular formula is C5H5FN2O2. The van der Waals surface area contributed by atoms with Crippen LogP contribution in [0.25, 0.3) is 0 Å². The number of halogens is 1. The van der Waals surface area contributed by atoms with Gasteiger partial charge in [0.2, 0.25) is 5.95 Å². The summed E-state index contributed by atoms with van der Waals surface area (Å²) in [6.07, 6.45) is 0.825. The number of carbonyl (C=O) groups is 1. The molecule has 0 aliphatic rings. The number of carboxylic acid groups (broad SMARTS) is 1. The van der Waals surface area contributed by atoms with Crippen molar-refractivity contribution in [2.45, 2.75) is 6.42 Å². The molecule has 0 fully saturated rings. The maximum atomic E-state index is 12.3. The first-order valence-electron chi connectivity index (χ1n) is 2.59. The summed E-state index contributed by atoms with van der Waals surface area (Å²) >= 11 is 0. The molecule has 0 aliphatic carbocycles. The number of hydrogen-bond acceptors (Lipinski definition) is 2. The Morgan fingerprint density at radius 2 is 2.60 bits per heavy atom. The van der Waals surface area contributed by atoms with Crippen molar-refractivity contribution in [2.24, 2.45) is 0 Å². The number of aromatic nitrogens is 2. The monoisotopic (exact) mass is 144 g/mol. The Morgan fingerprint density at radius 1 is 1.90 bits per heavy atom. The molecule has 1 rings (SSSR count). The lowest BCUT2D eigenvalue weighted by Crippen LogP contribution is -2.00. The number of nitrogens with zero attached hydrogens (tertiary/aromatic N) is 1. The minimum absolute atomic E-state index is 0.0764. The highest BCUT2D eigenvalue weighted by Gasteiger charge is 2.07. The molecule has 0 unspecified atom stereocenters. The first-order chi connectivity index (χ1) is 4.70. The first kappa shape index (κ1) is 6.73. The van der Waals surface area contributed by atoms with Crippen molar-refractivity contribution in [1.82, 2.24) is 10.2 Å². The average molecular weight is 144 g/mol. The van der Waals surface area contributed by atoms with Gasteiger partial charge in [0.25, 0.3) is 0 Å². The summed E-state index contributed by atoms with van der Waals surface area (Å²) in [5.41, 5.74) is 0.0764.